The van der Waals surface area contributed by atoms with Gasteiger partial charge in [0.25, 0.3) is 5.22 Å². The van der Waals surface area contributed by atoms with Gasteiger partial charge in [-0.3, -0.25) is 0 Å². The third-order valence-electron chi connectivity index (χ3n) is 3.72. The Labute approximate surface area is 158 Å². The Morgan fingerprint density at radius 2 is 1.96 bits per heavy atom. The van der Waals surface area contributed by atoms with Crippen LogP contribution in [-0.2, 0) is 10.5 Å². The van der Waals surface area contributed by atoms with Crippen LogP contribution in [0.2, 0.25) is 0 Å². The van der Waals surface area contributed by atoms with E-state index in [4.69, 9.17) is 9.15 Å². The van der Waals surface area contributed by atoms with E-state index in [9.17, 15) is 4.79 Å². The Balaban J connectivity index is 1.45. The predicted molar refractivity (Wildman–Crippen MR) is 102 cm³/mol. The van der Waals surface area contributed by atoms with Gasteiger partial charge in [0.15, 0.2) is 5.58 Å². The number of benzene rings is 2. The first-order valence-electron chi connectivity index (χ1n) is 7.84. The van der Waals surface area contributed by atoms with Gasteiger partial charge in [-0.25, -0.2) is 14.8 Å². The number of hydrogen-bond acceptors (Lipinski definition) is 7. The van der Waals surface area contributed by atoms with Crippen molar-refractivity contribution in [3.05, 3.63) is 65.2 Å². The molecule has 0 saturated heterocycles. The monoisotopic (exact) mass is 382 g/mol. The number of carbonyl (C=O) groups is 1. The van der Waals surface area contributed by atoms with Crippen molar-refractivity contribution >= 4 is 40.2 Å². The Morgan fingerprint density at radius 3 is 2.73 bits per heavy atom. The van der Waals surface area contributed by atoms with Crippen LogP contribution < -0.4 is 0 Å². The molecule has 0 radical (unpaired) electrons. The van der Waals surface area contributed by atoms with Gasteiger partial charge in [0.1, 0.15) is 10.5 Å². The van der Waals surface area contributed by atoms with E-state index < -0.39 is 0 Å². The minimum atomic E-state index is -0.342. The maximum absolute atomic E-state index is 11.5. The zero-order chi connectivity index (χ0) is 17.9. The number of methoxy groups -OCH3 is 1. The Bertz CT molecular complexity index is 1020. The molecule has 0 aliphatic rings. The smallest absolute Gasteiger partial charge is 0.337 e. The first kappa shape index (κ1) is 16.8. The minimum Gasteiger partial charge on any atom is -0.465 e. The van der Waals surface area contributed by atoms with Crippen LogP contribution >= 0.6 is 23.1 Å². The van der Waals surface area contributed by atoms with E-state index >= 15 is 0 Å². The molecule has 0 amide bonds. The number of ether oxygens (including phenoxy) is 1. The number of oxazole rings is 1. The van der Waals surface area contributed by atoms with Gasteiger partial charge in [-0.15, -0.1) is 11.3 Å². The highest BCUT2D eigenvalue weighted by Crippen LogP contribution is 2.29. The highest BCUT2D eigenvalue weighted by Gasteiger charge is 2.10. The number of hydrogen-bond donors (Lipinski definition) is 0. The SMILES string of the molecule is COC(=O)c1ccc(-c2nc(CSc3nc4ccccc4o3)cs2)cc1. The lowest BCUT2D eigenvalue weighted by Crippen LogP contribution is -2.00. The van der Waals surface area contributed by atoms with Gasteiger partial charge in [-0.1, -0.05) is 36.0 Å². The Morgan fingerprint density at radius 1 is 1.15 bits per heavy atom. The summed E-state index contributed by atoms with van der Waals surface area (Å²) in [5.74, 6) is 0.343. The van der Waals surface area contributed by atoms with E-state index in [0.29, 0.717) is 16.5 Å². The third kappa shape index (κ3) is 3.49. The van der Waals surface area contributed by atoms with Crippen molar-refractivity contribution in [3.63, 3.8) is 0 Å². The first-order chi connectivity index (χ1) is 12.7. The van der Waals surface area contributed by atoms with Gasteiger partial charge in [0.2, 0.25) is 0 Å². The normalized spacial score (nSPS) is 11.0. The van der Waals surface area contributed by atoms with Crippen molar-refractivity contribution in [1.82, 2.24) is 9.97 Å². The molecule has 26 heavy (non-hydrogen) atoms. The predicted octanol–water partition coefficient (Wildman–Crippen LogP) is 5.03. The lowest BCUT2D eigenvalue weighted by Gasteiger charge is -2.00. The maximum Gasteiger partial charge on any atom is 0.337 e. The summed E-state index contributed by atoms with van der Waals surface area (Å²) in [4.78, 5) is 20.6. The van der Waals surface area contributed by atoms with Crippen LogP contribution in [0.5, 0.6) is 0 Å². The number of nitrogens with zero attached hydrogens (tertiary/aromatic N) is 2. The summed E-state index contributed by atoms with van der Waals surface area (Å²) in [6.07, 6.45) is 0. The van der Waals surface area contributed by atoms with Crippen LogP contribution in [0.15, 0.2) is 63.6 Å². The van der Waals surface area contributed by atoms with E-state index in [1.165, 1.54) is 18.9 Å². The van der Waals surface area contributed by atoms with Gasteiger partial charge >= 0.3 is 5.97 Å². The van der Waals surface area contributed by atoms with E-state index in [0.717, 1.165) is 27.4 Å². The molecule has 2 aromatic heterocycles. The molecular formula is C19H14N2O3S2. The van der Waals surface area contributed by atoms with Crippen LogP contribution in [0, 0.1) is 0 Å². The molecule has 2 heterocycles. The fourth-order valence-electron chi connectivity index (χ4n) is 2.42. The second-order valence-electron chi connectivity index (χ2n) is 5.45. The number of thioether (sulfide) groups is 1. The molecule has 0 aliphatic carbocycles. The Kier molecular flexibility index (Phi) is 4.73. The third-order valence-corrected chi connectivity index (χ3v) is 5.52. The maximum atomic E-state index is 11.5. The summed E-state index contributed by atoms with van der Waals surface area (Å²) in [6, 6.07) is 15.0. The largest absolute Gasteiger partial charge is 0.465 e. The van der Waals surface area contributed by atoms with Crippen molar-refractivity contribution in [2.24, 2.45) is 0 Å². The summed E-state index contributed by atoms with van der Waals surface area (Å²) in [5.41, 5.74) is 4.12. The van der Waals surface area contributed by atoms with Crippen molar-refractivity contribution in [2.75, 3.05) is 7.11 Å². The van der Waals surface area contributed by atoms with Gasteiger partial charge < -0.3 is 9.15 Å². The number of carbonyl (C=O) groups excluding carboxylic acids is 1. The molecule has 0 unspecified atom stereocenters. The van der Waals surface area contributed by atoms with Gasteiger partial charge in [-0.2, -0.15) is 0 Å². The standard InChI is InChI=1S/C19H14N2O3S2/c1-23-18(22)13-8-6-12(7-9-13)17-20-14(10-25-17)11-26-19-21-15-4-2-3-5-16(15)24-19/h2-10H,11H2,1H3. The zero-order valence-corrected chi connectivity index (χ0v) is 15.5. The molecule has 4 rings (SSSR count). The van der Waals surface area contributed by atoms with Crippen LogP contribution in [0.1, 0.15) is 16.1 Å². The highest BCUT2D eigenvalue weighted by molar-refractivity contribution is 7.98. The van der Waals surface area contributed by atoms with Crippen LogP contribution in [-0.4, -0.2) is 23.0 Å². The molecule has 7 heteroatoms. The number of fused-ring (bicyclic) bond motifs is 1. The van der Waals surface area contributed by atoms with Crippen molar-refractivity contribution in [2.45, 2.75) is 11.0 Å². The van der Waals surface area contributed by atoms with Gasteiger partial charge in [0.05, 0.1) is 18.4 Å². The van der Waals surface area contributed by atoms with E-state index in [1.54, 1.807) is 23.5 Å². The average Bonchev–Trinajstić information content (AvgIpc) is 3.32. The summed E-state index contributed by atoms with van der Waals surface area (Å²) in [6.45, 7) is 0. The van der Waals surface area contributed by atoms with Gasteiger partial charge in [-0.05, 0) is 24.3 Å². The number of thiazole rings is 1. The van der Waals surface area contributed by atoms with Crippen molar-refractivity contribution in [1.29, 1.82) is 0 Å². The van der Waals surface area contributed by atoms with E-state index in [1.807, 2.05) is 41.8 Å². The minimum absolute atomic E-state index is 0.342. The first-order valence-corrected chi connectivity index (χ1v) is 9.71. The lowest BCUT2D eigenvalue weighted by molar-refractivity contribution is 0.0601. The quantitative estimate of drug-likeness (QED) is 0.356. The molecule has 0 saturated carbocycles. The molecule has 4 aromatic rings. The highest BCUT2D eigenvalue weighted by atomic mass is 32.2. The second kappa shape index (κ2) is 7.31. The molecule has 0 aliphatic heterocycles. The molecule has 0 N–H and O–H groups in total. The number of rotatable bonds is 5. The summed E-state index contributed by atoms with van der Waals surface area (Å²) in [7, 11) is 1.37. The molecule has 0 atom stereocenters. The fourth-order valence-corrected chi connectivity index (χ4v) is 4.08. The molecule has 130 valence electrons. The van der Waals surface area contributed by atoms with Crippen molar-refractivity contribution < 1.29 is 13.9 Å². The topological polar surface area (TPSA) is 65.2 Å². The number of aromatic nitrogens is 2. The molecule has 0 fully saturated rings. The zero-order valence-electron chi connectivity index (χ0n) is 13.8. The molecular weight excluding hydrogens is 368 g/mol. The lowest BCUT2D eigenvalue weighted by atomic mass is 10.1. The summed E-state index contributed by atoms with van der Waals surface area (Å²) < 4.78 is 10.4. The molecule has 0 spiro atoms. The van der Waals surface area contributed by atoms with Crippen LogP contribution in [0.25, 0.3) is 21.7 Å². The fraction of sp³-hybridized carbons (Fsp3) is 0.105. The van der Waals surface area contributed by atoms with Gasteiger partial charge in [0, 0.05) is 16.7 Å². The van der Waals surface area contributed by atoms with Crippen LogP contribution in [0.3, 0.4) is 0 Å². The number of esters is 1. The van der Waals surface area contributed by atoms with Crippen molar-refractivity contribution in [3.8, 4) is 10.6 Å². The number of para-hydroxylation sites is 2. The second-order valence-corrected chi connectivity index (χ2v) is 7.23. The van der Waals surface area contributed by atoms with E-state index in [-0.39, 0.29) is 5.97 Å². The summed E-state index contributed by atoms with van der Waals surface area (Å²) >= 11 is 3.09. The molecule has 2 aromatic carbocycles. The summed E-state index contributed by atoms with van der Waals surface area (Å²) in [5, 5.41) is 3.58. The van der Waals surface area contributed by atoms with Crippen LogP contribution in [0.4, 0.5) is 0 Å². The average molecular weight is 382 g/mol. The van der Waals surface area contributed by atoms with E-state index in [2.05, 4.69) is 9.97 Å². The molecule has 0 bridgehead atoms. The molecule has 5 nitrogen and oxygen atoms in total. The Hall–Kier alpha value is -2.64.